The van der Waals surface area contributed by atoms with E-state index in [1.165, 1.54) is 22.0 Å². The number of hydrogen-bond donors (Lipinski definition) is 1. The number of nitrogens with zero attached hydrogens (tertiary/aromatic N) is 4. The van der Waals surface area contributed by atoms with Gasteiger partial charge in [-0.25, -0.2) is 14.5 Å². The lowest BCUT2D eigenvalue weighted by molar-refractivity contribution is -0.116. The first-order valence-electron chi connectivity index (χ1n) is 11.6. The lowest BCUT2D eigenvalue weighted by Crippen LogP contribution is -2.32. The van der Waals surface area contributed by atoms with Gasteiger partial charge in [0.1, 0.15) is 11.5 Å². The van der Waals surface area contributed by atoms with Crippen LogP contribution in [0.4, 0.5) is 5.00 Å². The molecule has 1 N–H and O–H groups in total. The number of anilines is 1. The summed E-state index contributed by atoms with van der Waals surface area (Å²) in [4.78, 5) is 44.5. The number of carbonyl (C=O) groups excluding carboxylic acids is 2. The zero-order chi connectivity index (χ0) is 24.4. The average molecular weight is 484 g/mol. The molecule has 180 valence electrons. The van der Waals surface area contributed by atoms with Crippen LogP contribution in [0.5, 0.6) is 0 Å². The maximum Gasteiger partial charge on any atom is 0.341 e. The molecular weight excluding hydrogens is 454 g/mol. The summed E-state index contributed by atoms with van der Waals surface area (Å²) in [6, 6.07) is 3.36. The van der Waals surface area contributed by atoms with Gasteiger partial charge in [0, 0.05) is 22.3 Å². The van der Waals surface area contributed by atoms with Crippen molar-refractivity contribution in [1.29, 1.82) is 0 Å². The minimum atomic E-state index is -0.428. The van der Waals surface area contributed by atoms with E-state index in [2.05, 4.69) is 15.4 Å². The van der Waals surface area contributed by atoms with E-state index >= 15 is 0 Å². The number of carbonyl (C=O) groups is 2. The summed E-state index contributed by atoms with van der Waals surface area (Å²) in [6.07, 6.45) is 4.15. The van der Waals surface area contributed by atoms with Crippen molar-refractivity contribution in [3.8, 4) is 5.95 Å². The van der Waals surface area contributed by atoms with Crippen LogP contribution in [0.2, 0.25) is 0 Å². The van der Waals surface area contributed by atoms with Gasteiger partial charge in [0.15, 0.2) is 0 Å². The molecule has 0 bridgehead atoms. The summed E-state index contributed by atoms with van der Waals surface area (Å²) in [5, 5.41) is 7.80. The minimum absolute atomic E-state index is 0.253. The zero-order valence-electron chi connectivity index (χ0n) is 19.9. The van der Waals surface area contributed by atoms with Crippen molar-refractivity contribution in [3.63, 3.8) is 0 Å². The van der Waals surface area contributed by atoms with Gasteiger partial charge in [0.25, 0.3) is 5.56 Å². The Morgan fingerprint density at radius 2 is 2.00 bits per heavy atom. The first-order chi connectivity index (χ1) is 16.3. The Balaban J connectivity index is 1.68. The van der Waals surface area contributed by atoms with E-state index in [-0.39, 0.29) is 18.7 Å². The Labute approximate surface area is 201 Å². The highest BCUT2D eigenvalue weighted by atomic mass is 32.1. The molecule has 0 radical (unpaired) electrons. The highest BCUT2D eigenvalue weighted by Crippen LogP contribution is 2.39. The number of rotatable bonds is 8. The van der Waals surface area contributed by atoms with Crippen molar-refractivity contribution >= 4 is 28.2 Å². The Bertz CT molecular complexity index is 1300. The van der Waals surface area contributed by atoms with E-state index in [9.17, 15) is 14.4 Å². The second kappa shape index (κ2) is 9.92. The van der Waals surface area contributed by atoms with Gasteiger partial charge < -0.3 is 10.1 Å². The molecule has 0 spiro atoms. The van der Waals surface area contributed by atoms with E-state index in [0.717, 1.165) is 47.5 Å². The molecule has 0 atom stereocenters. The summed E-state index contributed by atoms with van der Waals surface area (Å²) < 4.78 is 8.15. The summed E-state index contributed by atoms with van der Waals surface area (Å²) in [6.45, 7) is 7.52. The third-order valence-electron chi connectivity index (χ3n) is 5.70. The number of nitrogens with one attached hydrogen (secondary N) is 1. The number of aryl methyl sites for hydroxylation is 4. The van der Waals surface area contributed by atoms with E-state index < -0.39 is 11.9 Å². The average Bonchev–Trinajstić information content (AvgIpc) is 3.44. The van der Waals surface area contributed by atoms with Gasteiger partial charge in [0.2, 0.25) is 11.9 Å². The molecule has 0 fully saturated rings. The van der Waals surface area contributed by atoms with E-state index in [4.69, 9.17) is 4.74 Å². The fraction of sp³-hybridized carbons (Fsp3) is 0.458. The van der Waals surface area contributed by atoms with Crippen LogP contribution >= 0.6 is 11.3 Å². The molecule has 0 saturated heterocycles. The number of fused-ring (bicyclic) bond motifs is 1. The molecule has 3 aromatic rings. The van der Waals surface area contributed by atoms with E-state index in [1.807, 2.05) is 26.8 Å². The van der Waals surface area contributed by atoms with Gasteiger partial charge in [-0.1, -0.05) is 13.3 Å². The highest BCUT2D eigenvalue weighted by molar-refractivity contribution is 7.17. The normalized spacial score (nSPS) is 12.6. The largest absolute Gasteiger partial charge is 0.462 e. The Hall–Kier alpha value is -3.27. The van der Waals surface area contributed by atoms with Crippen molar-refractivity contribution in [1.82, 2.24) is 19.3 Å². The number of aromatic nitrogens is 4. The van der Waals surface area contributed by atoms with Gasteiger partial charge in [-0.3, -0.25) is 14.2 Å². The summed E-state index contributed by atoms with van der Waals surface area (Å²) in [5.74, 6) is -0.542. The molecule has 0 saturated carbocycles. The first kappa shape index (κ1) is 23.9. The van der Waals surface area contributed by atoms with Gasteiger partial charge >= 0.3 is 5.97 Å². The molecule has 0 aromatic carbocycles. The maximum absolute atomic E-state index is 13.1. The maximum atomic E-state index is 13.1. The lowest BCUT2D eigenvalue weighted by atomic mass is 10.1. The van der Waals surface area contributed by atoms with Crippen molar-refractivity contribution in [2.75, 3.05) is 11.9 Å². The Kier molecular flexibility index (Phi) is 6.97. The standard InChI is InChI=1S/C24H29N5O4S/c1-5-8-16-12-20(31)28(24(25-16)29-15(4)11-14(3)27-29)13-19(30)26-22-21(23(32)33-6-2)17-9-7-10-18(17)34-22/h11-12H,5-10,13H2,1-4H3,(H,26,30). The Morgan fingerprint density at radius 1 is 1.21 bits per heavy atom. The smallest absolute Gasteiger partial charge is 0.341 e. The number of ether oxygens (including phenoxy) is 1. The van der Waals surface area contributed by atoms with E-state index in [0.29, 0.717) is 28.6 Å². The quantitative estimate of drug-likeness (QED) is 0.492. The van der Waals surface area contributed by atoms with Gasteiger partial charge in [-0.15, -0.1) is 11.3 Å². The van der Waals surface area contributed by atoms with Gasteiger partial charge in [-0.05, 0) is 58.1 Å². The van der Waals surface area contributed by atoms with Crippen LogP contribution in [0, 0.1) is 13.8 Å². The van der Waals surface area contributed by atoms with Crippen molar-refractivity contribution in [2.24, 2.45) is 0 Å². The second-order valence-electron chi connectivity index (χ2n) is 8.39. The Morgan fingerprint density at radius 3 is 2.68 bits per heavy atom. The second-order valence-corrected chi connectivity index (χ2v) is 9.50. The van der Waals surface area contributed by atoms with Gasteiger partial charge in [0.05, 0.1) is 17.9 Å². The topological polar surface area (TPSA) is 108 Å². The van der Waals surface area contributed by atoms with Crippen LogP contribution in [0.3, 0.4) is 0 Å². The van der Waals surface area contributed by atoms with Crippen molar-refractivity contribution < 1.29 is 14.3 Å². The molecule has 34 heavy (non-hydrogen) atoms. The zero-order valence-corrected chi connectivity index (χ0v) is 20.8. The summed E-state index contributed by atoms with van der Waals surface area (Å²) in [5.41, 5.74) is 3.34. The van der Waals surface area contributed by atoms with Crippen LogP contribution in [-0.2, 0) is 35.3 Å². The molecule has 10 heteroatoms. The molecule has 1 amide bonds. The van der Waals surface area contributed by atoms with Crippen LogP contribution in [0.25, 0.3) is 5.95 Å². The van der Waals surface area contributed by atoms with Gasteiger partial charge in [-0.2, -0.15) is 5.10 Å². The third kappa shape index (κ3) is 4.68. The summed E-state index contributed by atoms with van der Waals surface area (Å²) in [7, 11) is 0. The summed E-state index contributed by atoms with van der Waals surface area (Å²) >= 11 is 1.41. The number of thiophene rings is 1. The number of hydrogen-bond acceptors (Lipinski definition) is 7. The molecule has 9 nitrogen and oxygen atoms in total. The molecule has 4 rings (SSSR count). The minimum Gasteiger partial charge on any atom is -0.462 e. The number of esters is 1. The van der Waals surface area contributed by atoms with Crippen LogP contribution in [-0.4, -0.2) is 37.8 Å². The molecule has 0 aliphatic heterocycles. The van der Waals surface area contributed by atoms with Crippen LogP contribution in [0.15, 0.2) is 16.9 Å². The predicted molar refractivity (Wildman–Crippen MR) is 130 cm³/mol. The highest BCUT2D eigenvalue weighted by Gasteiger charge is 2.28. The third-order valence-corrected chi connectivity index (χ3v) is 6.91. The fourth-order valence-corrected chi connectivity index (χ4v) is 5.58. The van der Waals surface area contributed by atoms with E-state index in [1.54, 1.807) is 11.6 Å². The molecule has 0 unspecified atom stereocenters. The SMILES string of the molecule is CCCc1cc(=O)n(CC(=O)Nc2sc3c(c2C(=O)OCC)CCC3)c(-n2nc(C)cc2C)n1. The molecular formula is C24H29N5O4S. The molecule has 3 heterocycles. The van der Waals surface area contributed by atoms with Crippen molar-refractivity contribution in [2.45, 2.75) is 66.3 Å². The van der Waals surface area contributed by atoms with Crippen LogP contribution < -0.4 is 10.9 Å². The monoisotopic (exact) mass is 483 g/mol. The molecule has 1 aliphatic rings. The van der Waals surface area contributed by atoms with Crippen molar-refractivity contribution in [3.05, 3.63) is 55.6 Å². The lowest BCUT2D eigenvalue weighted by Gasteiger charge is -2.14. The fourth-order valence-electron chi connectivity index (χ4n) is 4.29. The van der Waals surface area contributed by atoms with Crippen LogP contribution in [0.1, 0.15) is 64.6 Å². The molecule has 3 aromatic heterocycles. The predicted octanol–water partition coefficient (Wildman–Crippen LogP) is 3.36. The number of amides is 1. The molecule has 1 aliphatic carbocycles. The first-order valence-corrected chi connectivity index (χ1v) is 12.4.